The van der Waals surface area contributed by atoms with Gasteiger partial charge in [0.1, 0.15) is 5.82 Å². The van der Waals surface area contributed by atoms with E-state index in [2.05, 4.69) is 14.8 Å². The van der Waals surface area contributed by atoms with Crippen molar-refractivity contribution in [2.75, 3.05) is 31.1 Å². The standard InChI is InChI=1S/C17H20FN3O.CH2O2/c1-11-10-21(12-2-3-12)15-9-16(20-6-4-19-5-7-20)14(18)8-13(15)17(11)22;2-1-3/h8-10,12,19H,2-7H2,1H3;1H,(H,2,3). The summed E-state index contributed by atoms with van der Waals surface area (Å²) < 4.78 is 16.7. The zero-order chi connectivity index (χ0) is 18.0. The Kier molecular flexibility index (Phi) is 5.03. The van der Waals surface area contributed by atoms with Crippen LogP contribution in [-0.4, -0.2) is 42.3 Å². The molecule has 7 heteroatoms. The second kappa shape index (κ2) is 7.23. The molecule has 1 aromatic heterocycles. The number of aryl methyl sites for hydroxylation is 1. The first kappa shape index (κ1) is 17.4. The fraction of sp³-hybridized carbons (Fsp3) is 0.444. The molecule has 2 heterocycles. The highest BCUT2D eigenvalue weighted by Gasteiger charge is 2.26. The summed E-state index contributed by atoms with van der Waals surface area (Å²) in [6.07, 6.45) is 4.21. The Labute approximate surface area is 144 Å². The third-order valence-electron chi connectivity index (χ3n) is 4.68. The van der Waals surface area contributed by atoms with Gasteiger partial charge >= 0.3 is 0 Å². The molecule has 2 fully saturated rings. The van der Waals surface area contributed by atoms with E-state index >= 15 is 0 Å². The van der Waals surface area contributed by atoms with Gasteiger partial charge in [-0.15, -0.1) is 0 Å². The number of hydrogen-bond donors (Lipinski definition) is 2. The second-order valence-corrected chi connectivity index (χ2v) is 6.44. The van der Waals surface area contributed by atoms with Gasteiger partial charge in [-0.05, 0) is 31.9 Å². The number of fused-ring (bicyclic) bond motifs is 1. The highest BCUT2D eigenvalue weighted by atomic mass is 19.1. The topological polar surface area (TPSA) is 74.6 Å². The quantitative estimate of drug-likeness (QED) is 0.812. The van der Waals surface area contributed by atoms with Gasteiger partial charge in [-0.2, -0.15) is 0 Å². The van der Waals surface area contributed by atoms with Crippen molar-refractivity contribution in [1.29, 1.82) is 0 Å². The lowest BCUT2D eigenvalue weighted by molar-refractivity contribution is -0.122. The van der Waals surface area contributed by atoms with E-state index in [4.69, 9.17) is 9.90 Å². The van der Waals surface area contributed by atoms with Crippen LogP contribution in [0.4, 0.5) is 10.1 Å². The molecule has 1 saturated carbocycles. The average Bonchev–Trinajstić information content (AvgIpc) is 3.44. The first-order valence-electron chi connectivity index (χ1n) is 8.45. The second-order valence-electron chi connectivity index (χ2n) is 6.44. The van der Waals surface area contributed by atoms with Crippen LogP contribution in [0.3, 0.4) is 0 Å². The number of carbonyl (C=O) groups is 1. The van der Waals surface area contributed by atoms with Crippen molar-refractivity contribution in [2.45, 2.75) is 25.8 Å². The average molecular weight is 347 g/mol. The Morgan fingerprint density at radius 1 is 1.28 bits per heavy atom. The number of anilines is 1. The molecule has 0 radical (unpaired) electrons. The maximum absolute atomic E-state index is 14.6. The predicted octanol–water partition coefficient (Wildman–Crippen LogP) is 1.89. The summed E-state index contributed by atoms with van der Waals surface area (Å²) >= 11 is 0. The summed E-state index contributed by atoms with van der Waals surface area (Å²) in [7, 11) is 0. The zero-order valence-corrected chi connectivity index (χ0v) is 14.2. The van der Waals surface area contributed by atoms with E-state index in [9.17, 15) is 9.18 Å². The van der Waals surface area contributed by atoms with Gasteiger partial charge in [0.2, 0.25) is 0 Å². The number of nitrogens with zero attached hydrogens (tertiary/aromatic N) is 2. The van der Waals surface area contributed by atoms with Crippen LogP contribution in [0.25, 0.3) is 10.9 Å². The SMILES string of the molecule is Cc1cn(C2CC2)c2cc(N3CCNCC3)c(F)cc2c1=O.O=CO. The molecule has 0 amide bonds. The molecule has 2 N–H and O–H groups in total. The minimum absolute atomic E-state index is 0.0577. The number of aromatic nitrogens is 1. The smallest absolute Gasteiger partial charge is 0.290 e. The number of nitrogens with one attached hydrogen (secondary N) is 1. The van der Waals surface area contributed by atoms with Gasteiger partial charge in [0.15, 0.2) is 5.43 Å². The summed E-state index contributed by atoms with van der Waals surface area (Å²) in [5, 5.41) is 10.7. The minimum Gasteiger partial charge on any atom is -0.483 e. The summed E-state index contributed by atoms with van der Waals surface area (Å²) in [4.78, 5) is 22.8. The molecule has 1 saturated heterocycles. The molecule has 0 spiro atoms. The lowest BCUT2D eigenvalue weighted by Crippen LogP contribution is -2.43. The van der Waals surface area contributed by atoms with Gasteiger partial charge in [0.25, 0.3) is 6.47 Å². The minimum atomic E-state index is -0.292. The van der Waals surface area contributed by atoms with E-state index in [0.717, 1.165) is 44.5 Å². The van der Waals surface area contributed by atoms with E-state index in [-0.39, 0.29) is 17.7 Å². The van der Waals surface area contributed by atoms with Crippen molar-refractivity contribution in [1.82, 2.24) is 9.88 Å². The molecule has 0 unspecified atom stereocenters. The number of benzene rings is 1. The van der Waals surface area contributed by atoms with Gasteiger partial charge in [-0.25, -0.2) is 4.39 Å². The molecule has 134 valence electrons. The number of carboxylic acid groups (broad SMARTS) is 1. The van der Waals surface area contributed by atoms with Crippen molar-refractivity contribution in [3.8, 4) is 0 Å². The van der Waals surface area contributed by atoms with Crippen LogP contribution in [-0.2, 0) is 4.79 Å². The summed E-state index contributed by atoms with van der Waals surface area (Å²) in [6, 6.07) is 3.76. The molecule has 25 heavy (non-hydrogen) atoms. The molecule has 2 aromatic rings. The van der Waals surface area contributed by atoms with E-state index in [0.29, 0.717) is 22.7 Å². The highest BCUT2D eigenvalue weighted by molar-refractivity contribution is 5.84. The lowest BCUT2D eigenvalue weighted by atomic mass is 10.1. The number of piperazine rings is 1. The summed E-state index contributed by atoms with van der Waals surface area (Å²) in [5.74, 6) is -0.292. The zero-order valence-electron chi connectivity index (χ0n) is 14.2. The van der Waals surface area contributed by atoms with Gasteiger partial charge in [0, 0.05) is 49.4 Å². The lowest BCUT2D eigenvalue weighted by Gasteiger charge is -2.30. The molecule has 6 nitrogen and oxygen atoms in total. The number of hydrogen-bond acceptors (Lipinski definition) is 4. The molecule has 0 atom stereocenters. The molecule has 1 aromatic carbocycles. The van der Waals surface area contributed by atoms with Crippen LogP contribution >= 0.6 is 0 Å². The molecule has 2 aliphatic rings. The summed E-state index contributed by atoms with van der Waals surface area (Å²) in [5.41, 5.74) is 2.12. The van der Waals surface area contributed by atoms with Crippen LogP contribution in [0.5, 0.6) is 0 Å². The van der Waals surface area contributed by atoms with Crippen molar-refractivity contribution in [3.63, 3.8) is 0 Å². The Bertz CT molecular complexity index is 840. The van der Waals surface area contributed by atoms with Gasteiger partial charge in [-0.3, -0.25) is 9.59 Å². The van der Waals surface area contributed by atoms with Crippen molar-refractivity contribution in [2.24, 2.45) is 0 Å². The number of rotatable bonds is 2. The Hall–Kier alpha value is -2.41. The third kappa shape index (κ3) is 3.51. The first-order chi connectivity index (χ1) is 12.1. The van der Waals surface area contributed by atoms with Crippen molar-refractivity contribution < 1.29 is 14.3 Å². The van der Waals surface area contributed by atoms with Crippen LogP contribution in [0.1, 0.15) is 24.4 Å². The largest absolute Gasteiger partial charge is 0.483 e. The van der Waals surface area contributed by atoms with Crippen LogP contribution < -0.4 is 15.6 Å². The molecule has 1 aliphatic carbocycles. The van der Waals surface area contributed by atoms with Gasteiger partial charge in [-0.1, -0.05) is 0 Å². The van der Waals surface area contributed by atoms with Gasteiger partial charge < -0.3 is 19.9 Å². The van der Waals surface area contributed by atoms with Crippen molar-refractivity contribution in [3.05, 3.63) is 39.9 Å². The Balaban J connectivity index is 0.000000569. The molecular weight excluding hydrogens is 325 g/mol. The Morgan fingerprint density at radius 3 is 2.52 bits per heavy atom. The van der Waals surface area contributed by atoms with Crippen LogP contribution in [0, 0.1) is 12.7 Å². The first-order valence-corrected chi connectivity index (χ1v) is 8.45. The van der Waals surface area contributed by atoms with E-state index in [1.807, 2.05) is 19.2 Å². The molecule has 0 bridgehead atoms. The van der Waals surface area contributed by atoms with E-state index in [1.165, 1.54) is 6.07 Å². The predicted molar refractivity (Wildman–Crippen MR) is 94.9 cm³/mol. The maximum atomic E-state index is 14.6. The van der Waals surface area contributed by atoms with E-state index in [1.54, 1.807) is 0 Å². The molecule has 4 rings (SSSR count). The fourth-order valence-electron chi connectivity index (χ4n) is 3.30. The normalized spacial score (nSPS) is 17.1. The molecule has 1 aliphatic heterocycles. The van der Waals surface area contributed by atoms with Gasteiger partial charge in [0.05, 0.1) is 11.2 Å². The van der Waals surface area contributed by atoms with Crippen LogP contribution in [0.15, 0.2) is 23.1 Å². The van der Waals surface area contributed by atoms with Crippen molar-refractivity contribution >= 4 is 23.1 Å². The third-order valence-corrected chi connectivity index (χ3v) is 4.68. The van der Waals surface area contributed by atoms with Crippen LogP contribution in [0.2, 0.25) is 0 Å². The maximum Gasteiger partial charge on any atom is 0.290 e. The molecular formula is C18H22FN3O3. The highest BCUT2D eigenvalue weighted by Crippen LogP contribution is 2.38. The number of pyridine rings is 1. The summed E-state index contributed by atoms with van der Waals surface area (Å²) in [6.45, 7) is 4.87. The Morgan fingerprint density at radius 2 is 1.92 bits per heavy atom. The van der Waals surface area contributed by atoms with E-state index < -0.39 is 0 Å². The monoisotopic (exact) mass is 347 g/mol. The number of halogens is 1. The fourth-order valence-corrected chi connectivity index (χ4v) is 3.30.